The molecule has 0 atom stereocenters. The van der Waals surface area contributed by atoms with Crippen LogP contribution in [0.15, 0.2) is 6.07 Å². The van der Waals surface area contributed by atoms with Gasteiger partial charge in [-0.1, -0.05) is 25.4 Å². The van der Waals surface area contributed by atoms with Crippen LogP contribution in [0.3, 0.4) is 0 Å². The minimum Gasteiger partial charge on any atom is -0.239 e. The maximum Gasteiger partial charge on any atom is 0.147 e. The van der Waals surface area contributed by atoms with Gasteiger partial charge in [-0.25, -0.2) is 4.98 Å². The maximum absolute atomic E-state index is 8.85. The Morgan fingerprint density at radius 2 is 2.27 bits per heavy atom. The van der Waals surface area contributed by atoms with E-state index in [2.05, 4.69) is 24.9 Å². The predicted molar refractivity (Wildman–Crippen MR) is 59.8 cm³/mol. The van der Waals surface area contributed by atoms with Crippen LogP contribution in [0.2, 0.25) is 5.15 Å². The highest BCUT2D eigenvalue weighted by Crippen LogP contribution is 2.34. The second-order valence-corrected chi connectivity index (χ2v) is 5.24. The van der Waals surface area contributed by atoms with Crippen molar-refractivity contribution >= 4 is 11.6 Å². The molecule has 2 nitrogen and oxygen atoms in total. The lowest BCUT2D eigenvalue weighted by molar-refractivity contribution is 0.310. The molecule has 0 aromatic carbocycles. The van der Waals surface area contributed by atoms with Crippen molar-refractivity contribution in [2.24, 2.45) is 5.41 Å². The Bertz CT molecular complexity index is 444. The minimum atomic E-state index is 0.303. The van der Waals surface area contributed by atoms with E-state index >= 15 is 0 Å². The third-order valence-corrected chi connectivity index (χ3v) is 3.27. The van der Waals surface area contributed by atoms with Crippen molar-refractivity contribution in [1.82, 2.24) is 4.98 Å². The van der Waals surface area contributed by atoms with Crippen LogP contribution in [0.4, 0.5) is 0 Å². The quantitative estimate of drug-likeness (QED) is 0.630. The second-order valence-electron chi connectivity index (χ2n) is 4.89. The fourth-order valence-electron chi connectivity index (χ4n) is 2.03. The first-order valence-corrected chi connectivity index (χ1v) is 5.48. The molecule has 0 bridgehead atoms. The molecule has 78 valence electrons. The molecule has 0 fully saturated rings. The van der Waals surface area contributed by atoms with Gasteiger partial charge in [-0.05, 0) is 36.3 Å². The molecule has 2 rings (SSSR count). The van der Waals surface area contributed by atoms with E-state index < -0.39 is 0 Å². The maximum atomic E-state index is 8.85. The Balaban J connectivity index is 2.47. The highest BCUT2D eigenvalue weighted by Gasteiger charge is 2.26. The van der Waals surface area contributed by atoms with Crippen LogP contribution in [-0.2, 0) is 12.8 Å². The first-order valence-electron chi connectivity index (χ1n) is 5.10. The Morgan fingerprint density at radius 1 is 1.53 bits per heavy atom. The van der Waals surface area contributed by atoms with Crippen LogP contribution in [0.1, 0.15) is 37.1 Å². The lowest BCUT2D eigenvalue weighted by Gasteiger charge is -2.30. The summed E-state index contributed by atoms with van der Waals surface area (Å²) in [5.74, 6) is 0. The number of hydrogen-bond acceptors (Lipinski definition) is 2. The molecule has 0 saturated carbocycles. The van der Waals surface area contributed by atoms with Gasteiger partial charge in [0.1, 0.15) is 11.2 Å². The van der Waals surface area contributed by atoms with E-state index in [1.807, 2.05) is 6.07 Å². The SMILES string of the molecule is CC1(C)CCc2cc(C#N)c(Cl)nc2C1. The smallest absolute Gasteiger partial charge is 0.147 e. The Hall–Kier alpha value is -1.07. The summed E-state index contributed by atoms with van der Waals surface area (Å²) in [6.07, 6.45) is 3.10. The molecule has 1 aromatic rings. The Morgan fingerprint density at radius 3 is 2.93 bits per heavy atom. The molecule has 1 aliphatic rings. The molecule has 0 N–H and O–H groups in total. The topological polar surface area (TPSA) is 36.7 Å². The van der Waals surface area contributed by atoms with Gasteiger partial charge in [0.05, 0.1) is 5.56 Å². The van der Waals surface area contributed by atoms with Crippen LogP contribution in [0, 0.1) is 16.7 Å². The molecule has 0 amide bonds. The van der Waals surface area contributed by atoms with Gasteiger partial charge in [0.25, 0.3) is 0 Å². The average molecular weight is 221 g/mol. The lowest BCUT2D eigenvalue weighted by Crippen LogP contribution is -2.23. The van der Waals surface area contributed by atoms with Crippen molar-refractivity contribution < 1.29 is 0 Å². The number of aromatic nitrogens is 1. The average Bonchev–Trinajstić information content (AvgIpc) is 2.15. The largest absolute Gasteiger partial charge is 0.239 e. The van der Waals surface area contributed by atoms with E-state index in [1.54, 1.807) is 0 Å². The van der Waals surface area contributed by atoms with Crippen molar-refractivity contribution in [2.75, 3.05) is 0 Å². The van der Waals surface area contributed by atoms with E-state index in [9.17, 15) is 0 Å². The van der Waals surface area contributed by atoms with Gasteiger partial charge in [-0.15, -0.1) is 0 Å². The summed E-state index contributed by atoms with van der Waals surface area (Å²) in [4.78, 5) is 4.32. The molecular formula is C12H13ClN2. The molecule has 15 heavy (non-hydrogen) atoms. The third-order valence-electron chi connectivity index (χ3n) is 2.98. The molecule has 0 saturated heterocycles. The first-order chi connectivity index (χ1) is 7.02. The van der Waals surface area contributed by atoms with Crippen LogP contribution >= 0.6 is 11.6 Å². The van der Waals surface area contributed by atoms with Crippen molar-refractivity contribution in [3.8, 4) is 6.07 Å². The number of halogens is 1. The van der Waals surface area contributed by atoms with Gasteiger partial charge in [0, 0.05) is 5.69 Å². The Labute approximate surface area is 94.9 Å². The minimum absolute atomic E-state index is 0.303. The number of pyridine rings is 1. The number of nitriles is 1. The van der Waals surface area contributed by atoms with E-state index in [0.717, 1.165) is 25.0 Å². The number of fused-ring (bicyclic) bond motifs is 1. The van der Waals surface area contributed by atoms with Crippen molar-refractivity contribution in [2.45, 2.75) is 33.1 Å². The number of aryl methyl sites for hydroxylation is 1. The molecule has 0 radical (unpaired) electrons. The van der Waals surface area contributed by atoms with Gasteiger partial charge < -0.3 is 0 Å². The van der Waals surface area contributed by atoms with Gasteiger partial charge in [0.2, 0.25) is 0 Å². The summed E-state index contributed by atoms with van der Waals surface area (Å²) >= 11 is 5.92. The molecular weight excluding hydrogens is 208 g/mol. The molecule has 0 unspecified atom stereocenters. The standard InChI is InChI=1S/C12H13ClN2/c1-12(2)4-3-8-5-9(7-14)11(13)15-10(8)6-12/h5H,3-4,6H2,1-2H3. The van der Waals surface area contributed by atoms with Crippen LogP contribution < -0.4 is 0 Å². The van der Waals surface area contributed by atoms with Crippen molar-refractivity contribution in [1.29, 1.82) is 5.26 Å². The number of nitrogens with zero attached hydrogens (tertiary/aromatic N) is 2. The summed E-state index contributed by atoms with van der Waals surface area (Å²) < 4.78 is 0. The molecule has 0 aliphatic heterocycles. The number of hydrogen-bond donors (Lipinski definition) is 0. The second kappa shape index (κ2) is 3.50. The third kappa shape index (κ3) is 1.98. The zero-order chi connectivity index (χ0) is 11.1. The molecule has 0 spiro atoms. The van der Waals surface area contributed by atoms with Gasteiger partial charge in [-0.2, -0.15) is 5.26 Å². The van der Waals surface area contributed by atoms with Crippen LogP contribution in [-0.4, -0.2) is 4.98 Å². The molecule has 1 aliphatic carbocycles. The van der Waals surface area contributed by atoms with Gasteiger partial charge in [0.15, 0.2) is 0 Å². The zero-order valence-electron chi connectivity index (χ0n) is 8.97. The number of rotatable bonds is 0. The summed E-state index contributed by atoms with van der Waals surface area (Å²) in [5, 5.41) is 9.19. The van der Waals surface area contributed by atoms with E-state index in [-0.39, 0.29) is 0 Å². The molecule has 1 heterocycles. The van der Waals surface area contributed by atoms with E-state index in [1.165, 1.54) is 5.56 Å². The summed E-state index contributed by atoms with van der Waals surface area (Å²) in [6, 6.07) is 3.96. The highest BCUT2D eigenvalue weighted by molar-refractivity contribution is 6.30. The normalized spacial score (nSPS) is 18.0. The van der Waals surface area contributed by atoms with Gasteiger partial charge >= 0.3 is 0 Å². The Kier molecular flexibility index (Phi) is 2.44. The monoisotopic (exact) mass is 220 g/mol. The fraction of sp³-hybridized carbons (Fsp3) is 0.500. The first kappa shape index (κ1) is 10.4. The van der Waals surface area contributed by atoms with Crippen LogP contribution in [0.25, 0.3) is 0 Å². The van der Waals surface area contributed by atoms with E-state index in [4.69, 9.17) is 16.9 Å². The summed E-state index contributed by atoms with van der Waals surface area (Å²) in [7, 11) is 0. The lowest BCUT2D eigenvalue weighted by atomic mass is 9.76. The molecule has 1 aromatic heterocycles. The van der Waals surface area contributed by atoms with Gasteiger partial charge in [-0.3, -0.25) is 0 Å². The van der Waals surface area contributed by atoms with Crippen LogP contribution in [0.5, 0.6) is 0 Å². The highest BCUT2D eigenvalue weighted by atomic mass is 35.5. The van der Waals surface area contributed by atoms with Crippen molar-refractivity contribution in [3.63, 3.8) is 0 Å². The predicted octanol–water partition coefficient (Wildman–Crippen LogP) is 3.12. The summed E-state index contributed by atoms with van der Waals surface area (Å²) in [5.41, 5.74) is 3.05. The molecule has 3 heteroatoms. The van der Waals surface area contributed by atoms with E-state index in [0.29, 0.717) is 16.1 Å². The summed E-state index contributed by atoms with van der Waals surface area (Å²) in [6.45, 7) is 4.48. The zero-order valence-corrected chi connectivity index (χ0v) is 9.73. The fourth-order valence-corrected chi connectivity index (χ4v) is 2.23. The van der Waals surface area contributed by atoms with Crippen molar-refractivity contribution in [3.05, 3.63) is 28.0 Å².